The molecule has 0 bridgehead atoms. The van der Waals surface area contributed by atoms with Crippen molar-refractivity contribution >= 4 is 35.0 Å². The summed E-state index contributed by atoms with van der Waals surface area (Å²) in [6, 6.07) is 15.2. The molecule has 124 valence electrons. The van der Waals surface area contributed by atoms with Crippen LogP contribution in [0.15, 0.2) is 53.7 Å². The molecule has 3 aromatic rings. The molecule has 0 radical (unpaired) electrons. The third-order valence-electron chi connectivity index (χ3n) is 3.43. The second-order valence-corrected chi connectivity index (χ2v) is 7.12. The van der Waals surface area contributed by atoms with Crippen LogP contribution in [0.25, 0.3) is 5.69 Å². The van der Waals surface area contributed by atoms with Gasteiger partial charge in [-0.3, -0.25) is 4.57 Å². The van der Waals surface area contributed by atoms with Gasteiger partial charge in [0.15, 0.2) is 11.0 Å². The van der Waals surface area contributed by atoms with Gasteiger partial charge in [-0.2, -0.15) is 0 Å². The van der Waals surface area contributed by atoms with E-state index in [0.717, 1.165) is 16.6 Å². The summed E-state index contributed by atoms with van der Waals surface area (Å²) in [6.07, 6.45) is 0. The van der Waals surface area contributed by atoms with Crippen molar-refractivity contribution in [3.63, 3.8) is 0 Å². The van der Waals surface area contributed by atoms with Gasteiger partial charge < -0.3 is 5.73 Å². The average Bonchev–Trinajstić information content (AvgIpc) is 3.00. The Morgan fingerprint density at radius 1 is 1.12 bits per heavy atom. The van der Waals surface area contributed by atoms with Gasteiger partial charge in [0.05, 0.1) is 16.8 Å². The van der Waals surface area contributed by atoms with Crippen molar-refractivity contribution in [2.75, 3.05) is 0 Å². The van der Waals surface area contributed by atoms with Crippen molar-refractivity contribution in [3.8, 4) is 5.69 Å². The molecule has 3 rings (SSSR count). The van der Waals surface area contributed by atoms with E-state index in [0.29, 0.717) is 15.9 Å². The molecule has 0 aliphatic heterocycles. The highest BCUT2D eigenvalue weighted by atomic mass is 35.5. The van der Waals surface area contributed by atoms with Gasteiger partial charge in [-0.05, 0) is 30.7 Å². The molecule has 7 heteroatoms. The maximum absolute atomic E-state index is 6.37. The second-order valence-electron chi connectivity index (χ2n) is 5.33. The Kier molecular flexibility index (Phi) is 5.46. The number of benzene rings is 2. The first-order chi connectivity index (χ1) is 11.6. The quantitative estimate of drug-likeness (QED) is 0.642. The second kappa shape index (κ2) is 7.57. The molecule has 0 spiro atoms. The fourth-order valence-electron chi connectivity index (χ4n) is 2.28. The molecule has 2 aromatic carbocycles. The van der Waals surface area contributed by atoms with Crippen molar-refractivity contribution in [1.29, 1.82) is 0 Å². The van der Waals surface area contributed by atoms with Crippen LogP contribution in [0, 0.1) is 0 Å². The zero-order valence-corrected chi connectivity index (χ0v) is 15.3. The molecule has 1 aromatic heterocycles. The Bertz CT molecular complexity index is 834. The lowest BCUT2D eigenvalue weighted by Gasteiger charge is -2.14. The van der Waals surface area contributed by atoms with Crippen molar-refractivity contribution in [2.45, 2.75) is 23.9 Å². The predicted octanol–water partition coefficient (Wildman–Crippen LogP) is 4.89. The number of aromatic nitrogens is 3. The first kappa shape index (κ1) is 17.3. The van der Waals surface area contributed by atoms with Crippen LogP contribution in [0.1, 0.15) is 24.4 Å². The minimum Gasteiger partial charge on any atom is -0.322 e. The van der Waals surface area contributed by atoms with E-state index in [4.69, 9.17) is 28.9 Å². The number of rotatable bonds is 5. The van der Waals surface area contributed by atoms with Gasteiger partial charge >= 0.3 is 0 Å². The lowest BCUT2D eigenvalue weighted by molar-refractivity contribution is 0.704. The van der Waals surface area contributed by atoms with E-state index in [1.165, 1.54) is 5.56 Å². The van der Waals surface area contributed by atoms with Gasteiger partial charge in [-0.15, -0.1) is 10.2 Å². The molecule has 1 heterocycles. The van der Waals surface area contributed by atoms with Crippen molar-refractivity contribution in [3.05, 3.63) is 70.0 Å². The van der Waals surface area contributed by atoms with Crippen LogP contribution in [0.2, 0.25) is 10.0 Å². The summed E-state index contributed by atoms with van der Waals surface area (Å²) in [5.74, 6) is 1.42. The van der Waals surface area contributed by atoms with Crippen LogP contribution in [0.5, 0.6) is 0 Å². The Morgan fingerprint density at radius 2 is 1.88 bits per heavy atom. The third kappa shape index (κ3) is 3.75. The third-order valence-corrected chi connectivity index (χ3v) is 4.98. The highest BCUT2D eigenvalue weighted by Gasteiger charge is 2.19. The van der Waals surface area contributed by atoms with E-state index < -0.39 is 0 Å². The Hall–Kier alpha value is -1.53. The number of nitrogens with zero attached hydrogens (tertiary/aromatic N) is 3. The molecule has 24 heavy (non-hydrogen) atoms. The Morgan fingerprint density at radius 3 is 2.58 bits per heavy atom. The lowest BCUT2D eigenvalue weighted by atomic mass is 10.2. The Labute approximate surface area is 155 Å². The van der Waals surface area contributed by atoms with Crippen LogP contribution in [-0.4, -0.2) is 14.8 Å². The molecule has 0 aliphatic rings. The monoisotopic (exact) mass is 378 g/mol. The summed E-state index contributed by atoms with van der Waals surface area (Å²) < 4.78 is 1.88. The zero-order valence-electron chi connectivity index (χ0n) is 13.0. The molecule has 4 nitrogen and oxygen atoms in total. The normalized spacial score (nSPS) is 12.3. The highest BCUT2D eigenvalue weighted by molar-refractivity contribution is 7.98. The summed E-state index contributed by atoms with van der Waals surface area (Å²) in [4.78, 5) is 0. The van der Waals surface area contributed by atoms with Crippen LogP contribution < -0.4 is 5.73 Å². The molecular formula is C17H16Cl2N4S. The van der Waals surface area contributed by atoms with E-state index >= 15 is 0 Å². The summed E-state index contributed by atoms with van der Waals surface area (Å²) in [6.45, 7) is 1.87. The topological polar surface area (TPSA) is 56.7 Å². The van der Waals surface area contributed by atoms with Crippen LogP contribution in [0.4, 0.5) is 0 Å². The van der Waals surface area contributed by atoms with E-state index in [-0.39, 0.29) is 6.04 Å². The largest absolute Gasteiger partial charge is 0.322 e. The van der Waals surface area contributed by atoms with Gasteiger partial charge in [0.2, 0.25) is 0 Å². The molecule has 1 atom stereocenters. The van der Waals surface area contributed by atoms with E-state index in [1.807, 2.05) is 29.7 Å². The smallest absolute Gasteiger partial charge is 0.196 e. The van der Waals surface area contributed by atoms with E-state index in [1.54, 1.807) is 30.0 Å². The number of hydrogen-bond acceptors (Lipinski definition) is 4. The fraction of sp³-hybridized carbons (Fsp3) is 0.176. The van der Waals surface area contributed by atoms with E-state index in [2.05, 4.69) is 22.3 Å². The summed E-state index contributed by atoms with van der Waals surface area (Å²) in [7, 11) is 0. The molecule has 0 aliphatic carbocycles. The first-order valence-corrected chi connectivity index (χ1v) is 9.13. The van der Waals surface area contributed by atoms with Gasteiger partial charge in [0, 0.05) is 10.8 Å². The van der Waals surface area contributed by atoms with Crippen molar-refractivity contribution in [2.24, 2.45) is 5.73 Å². The molecule has 1 unspecified atom stereocenters. The van der Waals surface area contributed by atoms with Gasteiger partial charge in [0.25, 0.3) is 0 Å². The van der Waals surface area contributed by atoms with Crippen LogP contribution in [-0.2, 0) is 5.75 Å². The minimum absolute atomic E-state index is 0.279. The SMILES string of the molecule is CC(N)c1nnc(SCc2ccccc2)n1-c1cc(Cl)ccc1Cl. The highest BCUT2D eigenvalue weighted by Crippen LogP contribution is 2.31. The number of nitrogens with two attached hydrogens (primary N) is 1. The van der Waals surface area contributed by atoms with Crippen LogP contribution >= 0.6 is 35.0 Å². The lowest BCUT2D eigenvalue weighted by Crippen LogP contribution is -2.13. The first-order valence-electron chi connectivity index (χ1n) is 7.39. The van der Waals surface area contributed by atoms with Gasteiger partial charge in [-0.1, -0.05) is 65.3 Å². The summed E-state index contributed by atoms with van der Waals surface area (Å²) in [5, 5.41) is 10.4. The maximum Gasteiger partial charge on any atom is 0.196 e. The predicted molar refractivity (Wildman–Crippen MR) is 100.0 cm³/mol. The zero-order chi connectivity index (χ0) is 17.1. The molecule has 0 amide bonds. The molecule has 0 saturated heterocycles. The van der Waals surface area contributed by atoms with Crippen molar-refractivity contribution < 1.29 is 0 Å². The maximum atomic E-state index is 6.37. The average molecular weight is 379 g/mol. The number of halogens is 2. The molecule has 0 saturated carbocycles. The molecule has 2 N–H and O–H groups in total. The van der Waals surface area contributed by atoms with E-state index in [9.17, 15) is 0 Å². The van der Waals surface area contributed by atoms with Gasteiger partial charge in [-0.25, -0.2) is 0 Å². The Balaban J connectivity index is 2.00. The fourth-order valence-corrected chi connectivity index (χ4v) is 3.55. The van der Waals surface area contributed by atoms with Gasteiger partial charge in [0.1, 0.15) is 0 Å². The number of thioether (sulfide) groups is 1. The van der Waals surface area contributed by atoms with Crippen LogP contribution in [0.3, 0.4) is 0 Å². The summed E-state index contributed by atoms with van der Waals surface area (Å²) >= 11 is 14.1. The molecular weight excluding hydrogens is 363 g/mol. The standard InChI is InChI=1S/C17H16Cl2N4S/c1-11(20)16-21-22-17(24-10-12-5-3-2-4-6-12)23(16)15-9-13(18)7-8-14(15)19/h2-9,11H,10,20H2,1H3. The molecule has 0 fully saturated rings. The number of hydrogen-bond donors (Lipinski definition) is 1. The van der Waals surface area contributed by atoms with Crippen molar-refractivity contribution in [1.82, 2.24) is 14.8 Å². The minimum atomic E-state index is -0.279. The summed E-state index contributed by atoms with van der Waals surface area (Å²) in [5.41, 5.74) is 7.99.